The number of anilines is 1. The summed E-state index contributed by atoms with van der Waals surface area (Å²) in [6.45, 7) is 11.6. The van der Waals surface area contributed by atoms with Crippen LogP contribution >= 0.6 is 0 Å². The largest absolute Gasteiger partial charge is 0.487 e. The molecule has 2 aliphatic rings. The van der Waals surface area contributed by atoms with Crippen molar-refractivity contribution < 1.29 is 29.0 Å². The lowest BCUT2D eigenvalue weighted by Gasteiger charge is -2.38. The van der Waals surface area contributed by atoms with Gasteiger partial charge in [-0.15, -0.1) is 0 Å². The predicted octanol–water partition coefficient (Wildman–Crippen LogP) is 1.62. The van der Waals surface area contributed by atoms with Crippen LogP contribution in [0.1, 0.15) is 44.5 Å². The first kappa shape index (κ1) is 29.7. The number of ether oxygens (including phenoxy) is 2. The van der Waals surface area contributed by atoms with E-state index in [4.69, 9.17) is 9.47 Å². The third-order valence-electron chi connectivity index (χ3n) is 6.92. The van der Waals surface area contributed by atoms with Crippen LogP contribution < -0.4 is 15.4 Å². The first-order valence-corrected chi connectivity index (χ1v) is 13.4. The fourth-order valence-electron chi connectivity index (χ4n) is 4.54. The Morgan fingerprint density at radius 1 is 1.21 bits per heavy atom. The van der Waals surface area contributed by atoms with Crippen molar-refractivity contribution in [1.29, 1.82) is 0 Å². The second-order valence-electron chi connectivity index (χ2n) is 10.6. The van der Waals surface area contributed by atoms with Crippen molar-refractivity contribution in [3.63, 3.8) is 0 Å². The Bertz CT molecular complexity index is 967. The number of hydrogen-bond donors (Lipinski definition) is 3. The molecule has 4 amide bonds. The van der Waals surface area contributed by atoms with Gasteiger partial charge >= 0.3 is 6.03 Å². The summed E-state index contributed by atoms with van der Waals surface area (Å²) in [6.07, 6.45) is -0.0633. The summed E-state index contributed by atoms with van der Waals surface area (Å²) < 4.78 is 11.7. The number of nitrogens with one attached hydrogen (secondary N) is 2. The SMILES string of the molecule is CC(C)NC(=O)N(C)C[C@@H]1Oc2ccc(NC(=O)CCN3CCOCC3)cc2C(=O)N([C@@H](C)CO)C[C@H]1C. The minimum absolute atomic E-state index is 0.00219. The molecule has 0 saturated carbocycles. The van der Waals surface area contributed by atoms with Crippen molar-refractivity contribution in [3.05, 3.63) is 23.8 Å². The average molecular weight is 534 g/mol. The Hall–Kier alpha value is -2.89. The summed E-state index contributed by atoms with van der Waals surface area (Å²) in [5, 5.41) is 15.6. The molecule has 2 aliphatic heterocycles. The number of rotatable bonds is 9. The number of amides is 4. The van der Waals surface area contributed by atoms with Gasteiger partial charge in [-0.1, -0.05) is 6.92 Å². The predicted molar refractivity (Wildman–Crippen MR) is 144 cm³/mol. The van der Waals surface area contributed by atoms with Gasteiger partial charge < -0.3 is 35.0 Å². The summed E-state index contributed by atoms with van der Waals surface area (Å²) in [4.78, 5) is 44.1. The van der Waals surface area contributed by atoms with Crippen LogP contribution in [0.4, 0.5) is 10.5 Å². The number of hydrogen-bond acceptors (Lipinski definition) is 7. The number of carbonyl (C=O) groups is 3. The second-order valence-corrected chi connectivity index (χ2v) is 10.6. The average Bonchev–Trinajstić information content (AvgIpc) is 2.89. The lowest BCUT2D eigenvalue weighted by molar-refractivity contribution is -0.116. The molecule has 212 valence electrons. The number of nitrogens with zero attached hydrogens (tertiary/aromatic N) is 3. The number of carbonyl (C=O) groups excluding carboxylic acids is 3. The standard InChI is InChI=1S/C27H43N5O6/c1-18(2)28-27(36)30(5)16-24-19(3)15-32(20(4)17-33)26(35)22-14-21(6-7-23(22)38-24)29-25(34)8-9-31-10-12-37-13-11-31/h6-7,14,18-20,24,33H,8-13,15-17H2,1-5H3,(H,28,36)(H,29,34)/t19-,20+,24+/m1/s1. The van der Waals surface area contributed by atoms with E-state index in [0.717, 1.165) is 13.1 Å². The second kappa shape index (κ2) is 13.8. The maximum Gasteiger partial charge on any atom is 0.317 e. The molecule has 0 aliphatic carbocycles. The first-order chi connectivity index (χ1) is 18.1. The lowest BCUT2D eigenvalue weighted by Crippen LogP contribution is -2.51. The first-order valence-electron chi connectivity index (χ1n) is 13.4. The van der Waals surface area contributed by atoms with Crippen LogP contribution in [0.25, 0.3) is 0 Å². The van der Waals surface area contributed by atoms with E-state index in [-0.39, 0.29) is 36.4 Å². The number of benzene rings is 1. The normalized spacial score (nSPS) is 21.1. The smallest absolute Gasteiger partial charge is 0.317 e. The Kier molecular flexibility index (Phi) is 10.7. The molecule has 0 aromatic heterocycles. The summed E-state index contributed by atoms with van der Waals surface area (Å²) in [5.74, 6) is -0.150. The fraction of sp³-hybridized carbons (Fsp3) is 0.667. The summed E-state index contributed by atoms with van der Waals surface area (Å²) in [6, 6.07) is 4.42. The number of morpholine rings is 1. The van der Waals surface area contributed by atoms with E-state index in [0.29, 0.717) is 56.3 Å². The molecule has 3 atom stereocenters. The van der Waals surface area contributed by atoms with Crippen molar-refractivity contribution in [2.45, 2.75) is 52.3 Å². The van der Waals surface area contributed by atoms with Crippen LogP contribution in [-0.2, 0) is 9.53 Å². The molecule has 0 bridgehead atoms. The van der Waals surface area contributed by atoms with E-state index in [1.165, 1.54) is 0 Å². The zero-order valence-corrected chi connectivity index (χ0v) is 23.2. The highest BCUT2D eigenvalue weighted by Gasteiger charge is 2.34. The van der Waals surface area contributed by atoms with Gasteiger partial charge in [0.05, 0.1) is 38.0 Å². The van der Waals surface area contributed by atoms with E-state index in [1.54, 1.807) is 42.0 Å². The van der Waals surface area contributed by atoms with Crippen LogP contribution in [0.5, 0.6) is 5.75 Å². The van der Waals surface area contributed by atoms with E-state index >= 15 is 0 Å². The third-order valence-corrected chi connectivity index (χ3v) is 6.92. The molecule has 1 aromatic rings. The van der Waals surface area contributed by atoms with Gasteiger partial charge in [0.2, 0.25) is 5.91 Å². The molecule has 0 radical (unpaired) electrons. The highest BCUT2D eigenvalue weighted by Crippen LogP contribution is 2.30. The molecule has 1 fully saturated rings. The number of aliphatic hydroxyl groups is 1. The van der Waals surface area contributed by atoms with Crippen LogP contribution in [0.15, 0.2) is 18.2 Å². The molecule has 11 nitrogen and oxygen atoms in total. The number of fused-ring (bicyclic) bond motifs is 1. The fourth-order valence-corrected chi connectivity index (χ4v) is 4.54. The van der Waals surface area contributed by atoms with E-state index < -0.39 is 12.1 Å². The van der Waals surface area contributed by atoms with Gasteiger partial charge in [0, 0.05) is 57.3 Å². The van der Waals surface area contributed by atoms with Crippen LogP contribution in [0.3, 0.4) is 0 Å². The monoisotopic (exact) mass is 533 g/mol. The summed E-state index contributed by atoms with van der Waals surface area (Å²) in [5.41, 5.74) is 0.811. The van der Waals surface area contributed by atoms with Crippen molar-refractivity contribution in [3.8, 4) is 5.75 Å². The maximum absolute atomic E-state index is 13.6. The zero-order chi connectivity index (χ0) is 27.8. The minimum Gasteiger partial charge on any atom is -0.487 e. The van der Waals surface area contributed by atoms with Gasteiger partial charge in [-0.2, -0.15) is 0 Å². The van der Waals surface area contributed by atoms with Gasteiger partial charge in [0.15, 0.2) is 0 Å². The van der Waals surface area contributed by atoms with Crippen LogP contribution in [0, 0.1) is 5.92 Å². The molecule has 0 unspecified atom stereocenters. The van der Waals surface area contributed by atoms with E-state index in [2.05, 4.69) is 15.5 Å². The zero-order valence-electron chi connectivity index (χ0n) is 23.2. The van der Waals surface area contributed by atoms with Crippen molar-refractivity contribution in [2.75, 3.05) is 64.9 Å². The third kappa shape index (κ3) is 8.05. The van der Waals surface area contributed by atoms with Gasteiger partial charge in [-0.25, -0.2) is 4.79 Å². The van der Waals surface area contributed by atoms with Gasteiger partial charge in [0.25, 0.3) is 5.91 Å². The molecular formula is C27H43N5O6. The molecule has 3 N–H and O–H groups in total. The molecule has 38 heavy (non-hydrogen) atoms. The van der Waals surface area contributed by atoms with E-state index in [9.17, 15) is 19.5 Å². The number of urea groups is 1. The maximum atomic E-state index is 13.6. The molecule has 1 aromatic carbocycles. The van der Waals surface area contributed by atoms with Crippen molar-refractivity contribution in [1.82, 2.24) is 20.0 Å². The molecular weight excluding hydrogens is 490 g/mol. The molecule has 2 heterocycles. The molecule has 11 heteroatoms. The topological polar surface area (TPSA) is 124 Å². The molecule has 0 spiro atoms. The highest BCUT2D eigenvalue weighted by molar-refractivity contribution is 6.00. The Labute approximate surface area is 225 Å². The minimum atomic E-state index is -0.412. The Morgan fingerprint density at radius 3 is 2.58 bits per heavy atom. The van der Waals surface area contributed by atoms with Gasteiger partial charge in [-0.3, -0.25) is 14.5 Å². The van der Waals surface area contributed by atoms with Crippen molar-refractivity contribution >= 4 is 23.5 Å². The Morgan fingerprint density at radius 2 is 1.92 bits per heavy atom. The molecule has 3 rings (SSSR count). The lowest BCUT2D eigenvalue weighted by atomic mass is 9.99. The number of likely N-dealkylation sites (N-methyl/N-ethyl adjacent to an activating group) is 1. The van der Waals surface area contributed by atoms with Crippen LogP contribution in [0.2, 0.25) is 0 Å². The van der Waals surface area contributed by atoms with Crippen LogP contribution in [-0.4, -0.2) is 115 Å². The Balaban J connectivity index is 1.79. The van der Waals surface area contributed by atoms with Gasteiger partial charge in [-0.05, 0) is 39.0 Å². The highest BCUT2D eigenvalue weighted by atomic mass is 16.5. The quantitative estimate of drug-likeness (QED) is 0.441. The van der Waals surface area contributed by atoms with Gasteiger partial charge in [0.1, 0.15) is 11.9 Å². The summed E-state index contributed by atoms with van der Waals surface area (Å²) >= 11 is 0. The molecule has 1 saturated heterocycles. The number of aliphatic hydroxyl groups excluding tert-OH is 1. The van der Waals surface area contributed by atoms with Crippen molar-refractivity contribution in [2.24, 2.45) is 5.92 Å². The summed E-state index contributed by atoms with van der Waals surface area (Å²) in [7, 11) is 1.71. The van der Waals surface area contributed by atoms with E-state index in [1.807, 2.05) is 20.8 Å².